The number of rotatable bonds is 4. The number of amides is 1. The zero-order valence-corrected chi connectivity index (χ0v) is 17.0. The van der Waals surface area contributed by atoms with E-state index >= 15 is 0 Å². The van der Waals surface area contributed by atoms with Gasteiger partial charge in [-0.2, -0.15) is 0 Å². The van der Waals surface area contributed by atoms with Crippen molar-refractivity contribution in [3.63, 3.8) is 0 Å². The predicted octanol–water partition coefficient (Wildman–Crippen LogP) is 6.10. The van der Waals surface area contributed by atoms with Gasteiger partial charge in [-0.05, 0) is 59.2 Å². The number of benzene rings is 3. The number of fused-ring (bicyclic) bond motifs is 1. The van der Waals surface area contributed by atoms with Crippen LogP contribution in [0.25, 0.3) is 0 Å². The van der Waals surface area contributed by atoms with Gasteiger partial charge in [0, 0.05) is 16.5 Å². The Bertz CT molecular complexity index is 1050. The fourth-order valence-electron chi connectivity index (χ4n) is 3.32. The van der Waals surface area contributed by atoms with E-state index in [9.17, 15) is 4.79 Å². The highest BCUT2D eigenvalue weighted by Gasteiger charge is 2.23. The van der Waals surface area contributed by atoms with E-state index in [0.29, 0.717) is 32.8 Å². The topological polar surface area (TPSA) is 38.3 Å². The van der Waals surface area contributed by atoms with Crippen molar-refractivity contribution in [2.24, 2.45) is 0 Å². The number of ether oxygens (including phenoxy) is 1. The van der Waals surface area contributed by atoms with Crippen LogP contribution < -0.4 is 10.1 Å². The monoisotopic (exact) mass is 431 g/mol. The lowest BCUT2D eigenvalue weighted by atomic mass is 9.96. The molecule has 3 aromatic carbocycles. The molecule has 0 fully saturated rings. The molecule has 0 radical (unpaired) electrons. The van der Waals surface area contributed by atoms with Gasteiger partial charge < -0.3 is 10.1 Å². The second-order valence-electron chi connectivity index (χ2n) is 6.52. The molecule has 142 valence electrons. The third kappa shape index (κ3) is 3.83. The smallest absolute Gasteiger partial charge is 0.253 e. The summed E-state index contributed by atoms with van der Waals surface area (Å²) in [5, 5.41) is 4.51. The standard InChI is InChI=1S/C22H16Cl3NO2/c23-15-6-7-19(25)17(12-15)21(14-5-8-20-13(11-14)9-10-28-20)26-22(27)16-3-1-2-4-18(16)24/h1-8,11-12,21H,9-10H2,(H,26,27). The lowest BCUT2D eigenvalue weighted by molar-refractivity contribution is 0.0943. The highest BCUT2D eigenvalue weighted by Crippen LogP contribution is 2.34. The summed E-state index contributed by atoms with van der Waals surface area (Å²) in [6, 6.07) is 17.5. The Labute approximate surface area is 178 Å². The Morgan fingerprint density at radius 3 is 2.61 bits per heavy atom. The SMILES string of the molecule is O=C(NC(c1ccc2c(c1)CCO2)c1cc(Cl)ccc1Cl)c1ccccc1Cl. The van der Waals surface area contributed by atoms with E-state index in [0.717, 1.165) is 23.3 Å². The second-order valence-corrected chi connectivity index (χ2v) is 7.77. The van der Waals surface area contributed by atoms with Crippen molar-refractivity contribution in [1.82, 2.24) is 5.32 Å². The maximum Gasteiger partial charge on any atom is 0.253 e. The molecule has 3 nitrogen and oxygen atoms in total. The van der Waals surface area contributed by atoms with Crippen LogP contribution in [0.15, 0.2) is 60.7 Å². The van der Waals surface area contributed by atoms with Crippen molar-refractivity contribution in [3.8, 4) is 5.75 Å². The molecule has 0 spiro atoms. The van der Waals surface area contributed by atoms with Gasteiger partial charge in [0.05, 0.1) is 23.2 Å². The van der Waals surface area contributed by atoms with E-state index in [1.807, 2.05) is 18.2 Å². The molecule has 1 aliphatic rings. The third-order valence-electron chi connectivity index (χ3n) is 4.71. The normalized spacial score (nSPS) is 13.5. The van der Waals surface area contributed by atoms with E-state index in [1.54, 1.807) is 42.5 Å². The highest BCUT2D eigenvalue weighted by molar-refractivity contribution is 6.34. The van der Waals surface area contributed by atoms with Crippen LogP contribution in [0.2, 0.25) is 15.1 Å². The maximum atomic E-state index is 13.0. The number of hydrogen-bond acceptors (Lipinski definition) is 2. The molecule has 1 unspecified atom stereocenters. The number of nitrogens with one attached hydrogen (secondary N) is 1. The molecule has 1 atom stereocenters. The zero-order chi connectivity index (χ0) is 19.7. The minimum atomic E-state index is -0.485. The summed E-state index contributed by atoms with van der Waals surface area (Å²) in [5.41, 5.74) is 3.12. The number of carbonyl (C=O) groups excluding carboxylic acids is 1. The van der Waals surface area contributed by atoms with Crippen molar-refractivity contribution >= 4 is 40.7 Å². The van der Waals surface area contributed by atoms with Gasteiger partial charge in [-0.25, -0.2) is 0 Å². The highest BCUT2D eigenvalue weighted by atomic mass is 35.5. The minimum Gasteiger partial charge on any atom is -0.493 e. The summed E-state index contributed by atoms with van der Waals surface area (Å²) in [5.74, 6) is 0.584. The van der Waals surface area contributed by atoms with Crippen LogP contribution >= 0.6 is 34.8 Å². The van der Waals surface area contributed by atoms with Gasteiger partial charge in [0.2, 0.25) is 0 Å². The molecule has 28 heavy (non-hydrogen) atoms. The van der Waals surface area contributed by atoms with Gasteiger partial charge in [-0.15, -0.1) is 0 Å². The summed E-state index contributed by atoms with van der Waals surface area (Å²) < 4.78 is 5.60. The largest absolute Gasteiger partial charge is 0.493 e. The molecule has 6 heteroatoms. The zero-order valence-electron chi connectivity index (χ0n) is 14.7. The van der Waals surface area contributed by atoms with Crippen LogP contribution in [-0.2, 0) is 6.42 Å². The van der Waals surface area contributed by atoms with Crippen LogP contribution in [0.3, 0.4) is 0 Å². The minimum absolute atomic E-state index is 0.289. The molecule has 0 saturated heterocycles. The Kier molecular flexibility index (Phi) is 5.49. The number of hydrogen-bond donors (Lipinski definition) is 1. The van der Waals surface area contributed by atoms with Gasteiger partial charge in [-0.1, -0.05) is 53.0 Å². The van der Waals surface area contributed by atoms with Crippen LogP contribution in [0.1, 0.15) is 33.1 Å². The van der Waals surface area contributed by atoms with Crippen LogP contribution in [-0.4, -0.2) is 12.5 Å². The van der Waals surface area contributed by atoms with E-state index in [2.05, 4.69) is 5.32 Å². The lowest BCUT2D eigenvalue weighted by Crippen LogP contribution is -2.29. The molecule has 1 heterocycles. The summed E-state index contributed by atoms with van der Waals surface area (Å²) in [7, 11) is 0. The molecule has 1 aliphatic heterocycles. The average molecular weight is 433 g/mol. The molecular formula is C22H16Cl3NO2. The van der Waals surface area contributed by atoms with E-state index in [-0.39, 0.29) is 5.91 Å². The predicted molar refractivity (Wildman–Crippen MR) is 113 cm³/mol. The maximum absolute atomic E-state index is 13.0. The van der Waals surface area contributed by atoms with Crippen LogP contribution in [0.5, 0.6) is 5.75 Å². The summed E-state index contributed by atoms with van der Waals surface area (Å²) >= 11 is 18.9. The lowest BCUT2D eigenvalue weighted by Gasteiger charge is -2.22. The Hall–Kier alpha value is -2.20. The van der Waals surface area contributed by atoms with Crippen LogP contribution in [0, 0.1) is 0 Å². The summed E-state index contributed by atoms with van der Waals surface area (Å²) in [6.07, 6.45) is 0.831. The quantitative estimate of drug-likeness (QED) is 0.541. The van der Waals surface area contributed by atoms with Crippen molar-refractivity contribution in [1.29, 1.82) is 0 Å². The van der Waals surface area contributed by atoms with E-state index < -0.39 is 6.04 Å². The van der Waals surface area contributed by atoms with E-state index in [1.165, 1.54) is 0 Å². The summed E-state index contributed by atoms with van der Waals surface area (Å²) in [4.78, 5) is 13.0. The van der Waals surface area contributed by atoms with Crippen molar-refractivity contribution < 1.29 is 9.53 Å². The molecule has 0 bridgehead atoms. The molecule has 3 aromatic rings. The fourth-order valence-corrected chi connectivity index (χ4v) is 3.95. The second kappa shape index (κ2) is 8.04. The number of halogens is 3. The van der Waals surface area contributed by atoms with Gasteiger partial charge in [0.25, 0.3) is 5.91 Å². The summed E-state index contributed by atoms with van der Waals surface area (Å²) in [6.45, 7) is 0.660. The third-order valence-corrected chi connectivity index (χ3v) is 5.62. The molecule has 0 aliphatic carbocycles. The first-order valence-electron chi connectivity index (χ1n) is 8.79. The van der Waals surface area contributed by atoms with E-state index in [4.69, 9.17) is 39.5 Å². The Morgan fingerprint density at radius 2 is 1.79 bits per heavy atom. The first-order chi connectivity index (χ1) is 13.5. The molecule has 4 rings (SSSR count). The Balaban J connectivity index is 1.77. The fraction of sp³-hybridized carbons (Fsp3) is 0.136. The number of carbonyl (C=O) groups is 1. The molecule has 1 N–H and O–H groups in total. The van der Waals surface area contributed by atoms with Gasteiger partial charge in [0.15, 0.2) is 0 Å². The first kappa shape index (κ1) is 19.1. The first-order valence-corrected chi connectivity index (χ1v) is 9.92. The molecule has 0 saturated carbocycles. The molecule has 0 aromatic heterocycles. The van der Waals surface area contributed by atoms with Gasteiger partial charge >= 0.3 is 0 Å². The molecule has 1 amide bonds. The van der Waals surface area contributed by atoms with Crippen molar-refractivity contribution in [2.45, 2.75) is 12.5 Å². The Morgan fingerprint density at radius 1 is 0.964 bits per heavy atom. The van der Waals surface area contributed by atoms with Crippen molar-refractivity contribution in [3.05, 3.63) is 98.0 Å². The van der Waals surface area contributed by atoms with Gasteiger partial charge in [0.1, 0.15) is 5.75 Å². The van der Waals surface area contributed by atoms with Crippen LogP contribution in [0.4, 0.5) is 0 Å². The van der Waals surface area contributed by atoms with Gasteiger partial charge in [-0.3, -0.25) is 4.79 Å². The molecular weight excluding hydrogens is 417 g/mol. The average Bonchev–Trinajstić information content (AvgIpc) is 3.16. The van der Waals surface area contributed by atoms with Crippen molar-refractivity contribution in [2.75, 3.05) is 6.61 Å².